The van der Waals surface area contributed by atoms with Gasteiger partial charge in [-0.2, -0.15) is 4.31 Å². The second-order valence-corrected chi connectivity index (χ2v) is 9.10. The smallest absolute Gasteiger partial charge is 0.338 e. The van der Waals surface area contributed by atoms with Crippen LogP contribution >= 0.6 is 0 Å². The number of carbonyl (C=O) groups excluding carboxylic acids is 2. The number of aryl methyl sites for hydroxylation is 1. The third-order valence-electron chi connectivity index (χ3n) is 4.77. The van der Waals surface area contributed by atoms with Gasteiger partial charge in [0.2, 0.25) is 15.8 Å². The Bertz CT molecular complexity index is 981. The Hall–Kier alpha value is -2.51. The van der Waals surface area contributed by atoms with Crippen molar-refractivity contribution in [3.63, 3.8) is 0 Å². The number of ether oxygens (including phenoxy) is 1. The van der Waals surface area contributed by atoms with Crippen LogP contribution in [-0.4, -0.2) is 43.7 Å². The van der Waals surface area contributed by atoms with E-state index in [0.717, 1.165) is 12.0 Å². The molecule has 0 N–H and O–H groups in total. The van der Waals surface area contributed by atoms with Crippen LogP contribution in [0.1, 0.15) is 54.0 Å². The van der Waals surface area contributed by atoms with E-state index in [1.807, 2.05) is 19.1 Å². The van der Waals surface area contributed by atoms with Crippen molar-refractivity contribution in [3.8, 4) is 0 Å². The molecule has 0 aromatic heterocycles. The molecule has 0 aliphatic heterocycles. The van der Waals surface area contributed by atoms with Crippen LogP contribution in [-0.2, 0) is 21.2 Å². The highest BCUT2D eigenvalue weighted by Gasteiger charge is 2.25. The van der Waals surface area contributed by atoms with E-state index in [1.165, 1.54) is 42.5 Å². The highest BCUT2D eigenvalue weighted by molar-refractivity contribution is 7.89. The highest BCUT2D eigenvalue weighted by Crippen LogP contribution is 2.19. The number of ketones is 1. The molecule has 0 fully saturated rings. The van der Waals surface area contributed by atoms with Crippen molar-refractivity contribution in [2.75, 3.05) is 7.05 Å². The minimum absolute atomic E-state index is 0.00251. The first-order valence-electron chi connectivity index (χ1n) is 9.50. The molecule has 2 rings (SSSR count). The number of carbonyl (C=O) groups is 2. The summed E-state index contributed by atoms with van der Waals surface area (Å²) in [7, 11) is -2.25. The zero-order chi connectivity index (χ0) is 21.8. The zero-order valence-electron chi connectivity index (χ0n) is 17.4. The van der Waals surface area contributed by atoms with Crippen LogP contribution in [0.2, 0.25) is 0 Å². The van der Waals surface area contributed by atoms with Crippen molar-refractivity contribution in [1.29, 1.82) is 0 Å². The van der Waals surface area contributed by atoms with Gasteiger partial charge < -0.3 is 4.74 Å². The van der Waals surface area contributed by atoms with Gasteiger partial charge >= 0.3 is 5.97 Å². The SMILES string of the molecule is CCc1ccc(C(=O)C(C)OC(=O)c2cccc(S(=O)(=O)N(C)C(C)C)c2)cc1. The van der Waals surface area contributed by atoms with Crippen molar-refractivity contribution < 1.29 is 22.7 Å². The summed E-state index contributed by atoms with van der Waals surface area (Å²) in [4.78, 5) is 25.0. The third kappa shape index (κ3) is 5.31. The van der Waals surface area contributed by atoms with Crippen molar-refractivity contribution >= 4 is 21.8 Å². The van der Waals surface area contributed by atoms with Crippen LogP contribution < -0.4 is 0 Å². The van der Waals surface area contributed by atoms with Crippen LogP contribution in [0.25, 0.3) is 0 Å². The summed E-state index contributed by atoms with van der Waals surface area (Å²) < 4.78 is 31.8. The third-order valence-corrected chi connectivity index (χ3v) is 6.80. The quantitative estimate of drug-likeness (QED) is 0.483. The Morgan fingerprint density at radius 3 is 2.17 bits per heavy atom. The minimum atomic E-state index is -3.73. The van der Waals surface area contributed by atoms with Gasteiger partial charge in [0.05, 0.1) is 10.5 Å². The second-order valence-electron chi connectivity index (χ2n) is 7.11. The Morgan fingerprint density at radius 2 is 1.62 bits per heavy atom. The fourth-order valence-corrected chi connectivity index (χ4v) is 4.06. The molecule has 0 bridgehead atoms. The first kappa shape index (κ1) is 22.8. The van der Waals surface area contributed by atoms with Crippen molar-refractivity contribution in [3.05, 3.63) is 65.2 Å². The maximum absolute atomic E-state index is 12.6. The number of nitrogens with zero attached hydrogens (tertiary/aromatic N) is 1. The van der Waals surface area contributed by atoms with E-state index in [4.69, 9.17) is 4.74 Å². The predicted molar refractivity (Wildman–Crippen MR) is 112 cm³/mol. The maximum Gasteiger partial charge on any atom is 0.338 e. The van der Waals surface area contributed by atoms with E-state index >= 15 is 0 Å². The zero-order valence-corrected chi connectivity index (χ0v) is 18.2. The fourth-order valence-electron chi connectivity index (χ4n) is 2.65. The number of benzene rings is 2. The van der Waals surface area contributed by atoms with Gasteiger partial charge in [-0.05, 0) is 51.0 Å². The molecular formula is C22H27NO5S. The average Bonchev–Trinajstić information content (AvgIpc) is 2.72. The summed E-state index contributed by atoms with van der Waals surface area (Å²) in [6.45, 7) is 7.04. The lowest BCUT2D eigenvalue weighted by Crippen LogP contribution is -2.33. The monoisotopic (exact) mass is 417 g/mol. The maximum atomic E-state index is 12.6. The Morgan fingerprint density at radius 1 is 1.00 bits per heavy atom. The number of esters is 1. The van der Waals surface area contributed by atoms with Gasteiger partial charge in [0.1, 0.15) is 0 Å². The van der Waals surface area contributed by atoms with E-state index in [0.29, 0.717) is 5.56 Å². The van der Waals surface area contributed by atoms with Gasteiger partial charge in [-0.1, -0.05) is 37.3 Å². The molecule has 2 aromatic carbocycles. The molecule has 0 saturated carbocycles. The summed E-state index contributed by atoms with van der Waals surface area (Å²) in [5.74, 6) is -1.07. The van der Waals surface area contributed by atoms with Crippen molar-refractivity contribution in [2.24, 2.45) is 0 Å². The van der Waals surface area contributed by atoms with Gasteiger partial charge in [-0.15, -0.1) is 0 Å². The lowest BCUT2D eigenvalue weighted by atomic mass is 10.0. The molecule has 7 heteroatoms. The molecule has 156 valence electrons. The summed E-state index contributed by atoms with van der Waals surface area (Å²) in [5, 5.41) is 0. The van der Waals surface area contributed by atoms with Crippen LogP contribution in [0, 0.1) is 0 Å². The number of rotatable bonds is 8. The molecule has 0 radical (unpaired) electrons. The molecule has 6 nitrogen and oxygen atoms in total. The van der Waals surface area contributed by atoms with Crippen LogP contribution in [0.3, 0.4) is 0 Å². The van der Waals surface area contributed by atoms with Gasteiger partial charge in [0.25, 0.3) is 0 Å². The molecule has 0 saturated heterocycles. The summed E-state index contributed by atoms with van der Waals surface area (Å²) >= 11 is 0. The first-order valence-corrected chi connectivity index (χ1v) is 10.9. The van der Waals surface area contributed by atoms with Gasteiger partial charge in [-0.3, -0.25) is 4.79 Å². The van der Waals surface area contributed by atoms with Crippen LogP contribution in [0.5, 0.6) is 0 Å². The molecule has 29 heavy (non-hydrogen) atoms. The number of Topliss-reactive ketones (excluding diaryl/α,β-unsaturated/α-hetero) is 1. The van der Waals surface area contributed by atoms with Gasteiger partial charge in [-0.25, -0.2) is 13.2 Å². The Balaban J connectivity index is 2.17. The van der Waals surface area contributed by atoms with E-state index in [1.54, 1.807) is 26.0 Å². The standard InChI is InChI=1S/C22H27NO5S/c1-6-17-10-12-18(13-11-17)21(24)16(4)28-22(25)19-8-7-9-20(14-19)29(26,27)23(5)15(2)3/h7-16H,6H2,1-5H3. The molecule has 0 spiro atoms. The molecule has 1 atom stereocenters. The average molecular weight is 418 g/mol. The molecule has 0 amide bonds. The Kier molecular flexibility index (Phi) is 7.32. The predicted octanol–water partition coefficient (Wildman–Crippen LogP) is 3.71. The van der Waals surface area contributed by atoms with Crippen molar-refractivity contribution in [2.45, 2.75) is 51.2 Å². The van der Waals surface area contributed by atoms with Crippen molar-refractivity contribution in [1.82, 2.24) is 4.31 Å². The van der Waals surface area contributed by atoms with Gasteiger partial charge in [0.15, 0.2) is 6.10 Å². The normalized spacial score (nSPS) is 12.8. The van der Waals surface area contributed by atoms with E-state index in [-0.39, 0.29) is 22.3 Å². The molecule has 2 aromatic rings. The summed E-state index contributed by atoms with van der Waals surface area (Å²) in [6.07, 6.45) is -0.127. The number of sulfonamides is 1. The molecule has 1 unspecified atom stereocenters. The molecule has 0 aliphatic carbocycles. The first-order chi connectivity index (χ1) is 13.6. The van der Waals surface area contributed by atoms with E-state index in [9.17, 15) is 18.0 Å². The van der Waals surface area contributed by atoms with E-state index < -0.39 is 22.1 Å². The number of hydrogen-bond acceptors (Lipinski definition) is 5. The van der Waals surface area contributed by atoms with Crippen LogP contribution in [0.4, 0.5) is 0 Å². The second kappa shape index (κ2) is 9.33. The van der Waals surface area contributed by atoms with Gasteiger partial charge in [0, 0.05) is 18.7 Å². The minimum Gasteiger partial charge on any atom is -0.451 e. The van der Waals surface area contributed by atoms with Crippen LogP contribution in [0.15, 0.2) is 53.4 Å². The molecule has 0 aliphatic rings. The summed E-state index contributed by atoms with van der Waals surface area (Å²) in [6, 6.07) is 12.5. The lowest BCUT2D eigenvalue weighted by Gasteiger charge is -2.21. The molecule has 0 heterocycles. The number of hydrogen-bond donors (Lipinski definition) is 0. The van der Waals surface area contributed by atoms with E-state index in [2.05, 4.69) is 0 Å². The fraction of sp³-hybridized carbons (Fsp3) is 0.364. The topological polar surface area (TPSA) is 80.8 Å². The summed E-state index contributed by atoms with van der Waals surface area (Å²) in [5.41, 5.74) is 1.64. The lowest BCUT2D eigenvalue weighted by molar-refractivity contribution is 0.0318. The largest absolute Gasteiger partial charge is 0.451 e. The Labute approximate surface area is 172 Å². The highest BCUT2D eigenvalue weighted by atomic mass is 32.2. The molecular weight excluding hydrogens is 390 g/mol.